The molecule has 21 heavy (non-hydrogen) atoms. The number of pyridine rings is 1. The number of hydrogen-bond acceptors (Lipinski definition) is 4. The molecule has 0 fully saturated rings. The van der Waals surface area contributed by atoms with E-state index in [-0.39, 0.29) is 18.0 Å². The summed E-state index contributed by atoms with van der Waals surface area (Å²) in [5, 5.41) is 10.3. The number of H-pyrrole nitrogens is 1. The third-order valence-corrected chi connectivity index (χ3v) is 3.08. The molecular formula is C14H13N5O2. The number of carbonyl (C=O) groups excluding carboxylic acids is 1. The average Bonchev–Trinajstić information content (AvgIpc) is 2.92. The molecule has 0 spiro atoms. The number of nitrogens with two attached hydrogens (primary N) is 1. The fourth-order valence-electron chi connectivity index (χ4n) is 2.10. The molecule has 0 aliphatic heterocycles. The van der Waals surface area contributed by atoms with Gasteiger partial charge in [-0.3, -0.25) is 14.7 Å². The smallest absolute Gasteiger partial charge is 0.251 e. The average molecular weight is 283 g/mol. The predicted octanol–water partition coefficient (Wildman–Crippen LogP) is 0.945. The summed E-state index contributed by atoms with van der Waals surface area (Å²) in [5.41, 5.74) is 7.23. The number of rotatable bonds is 3. The fourth-order valence-corrected chi connectivity index (χ4v) is 2.10. The van der Waals surface area contributed by atoms with Crippen molar-refractivity contribution < 1.29 is 4.79 Å². The molecule has 0 saturated heterocycles. The van der Waals surface area contributed by atoms with E-state index in [4.69, 9.17) is 5.73 Å². The van der Waals surface area contributed by atoms with Gasteiger partial charge in [-0.2, -0.15) is 5.10 Å². The maximum absolute atomic E-state index is 12.1. The Labute approximate surface area is 119 Å². The van der Waals surface area contributed by atoms with Crippen LogP contribution < -0.4 is 16.6 Å². The molecule has 0 atom stereocenters. The van der Waals surface area contributed by atoms with Gasteiger partial charge >= 0.3 is 0 Å². The van der Waals surface area contributed by atoms with E-state index in [1.165, 1.54) is 22.9 Å². The summed E-state index contributed by atoms with van der Waals surface area (Å²) < 4.78 is 1.26. The summed E-state index contributed by atoms with van der Waals surface area (Å²) in [6.45, 7) is -0.0991. The third-order valence-electron chi connectivity index (χ3n) is 3.08. The molecule has 0 unspecified atom stereocenters. The van der Waals surface area contributed by atoms with Crippen molar-refractivity contribution in [2.45, 2.75) is 6.54 Å². The van der Waals surface area contributed by atoms with Gasteiger partial charge in [0.05, 0.1) is 17.4 Å². The standard InChI is InChI=1S/C14H13N5O2/c15-9-4-5-14(21)19(7-9)8-13(20)17-11-2-1-3-12-10(11)6-16-18-12/h1-7H,8,15H2,(H,16,18)(H,17,20). The van der Waals surface area contributed by atoms with Crippen LogP contribution in [0.25, 0.3) is 10.9 Å². The Morgan fingerprint density at radius 2 is 2.19 bits per heavy atom. The Hall–Kier alpha value is -3.09. The molecule has 0 saturated carbocycles. The number of carbonyl (C=O) groups is 1. The van der Waals surface area contributed by atoms with Crippen LogP contribution in [0.3, 0.4) is 0 Å². The minimum atomic E-state index is -0.309. The molecule has 106 valence electrons. The van der Waals surface area contributed by atoms with Crippen LogP contribution in [0.2, 0.25) is 0 Å². The lowest BCUT2D eigenvalue weighted by molar-refractivity contribution is -0.116. The van der Waals surface area contributed by atoms with Crippen molar-refractivity contribution in [1.29, 1.82) is 0 Å². The molecule has 7 nitrogen and oxygen atoms in total. The number of benzene rings is 1. The Bertz CT molecular complexity index is 865. The number of nitrogens with zero attached hydrogens (tertiary/aromatic N) is 2. The maximum Gasteiger partial charge on any atom is 0.251 e. The van der Waals surface area contributed by atoms with E-state index in [1.54, 1.807) is 12.3 Å². The van der Waals surface area contributed by atoms with E-state index in [0.29, 0.717) is 11.4 Å². The van der Waals surface area contributed by atoms with Crippen molar-refractivity contribution >= 4 is 28.2 Å². The number of aromatic nitrogens is 3. The van der Waals surface area contributed by atoms with E-state index in [1.807, 2.05) is 12.1 Å². The van der Waals surface area contributed by atoms with Crippen LogP contribution in [0, 0.1) is 0 Å². The molecule has 3 aromatic rings. The van der Waals surface area contributed by atoms with E-state index >= 15 is 0 Å². The van der Waals surface area contributed by atoms with Gasteiger partial charge in [0.15, 0.2) is 0 Å². The molecule has 3 rings (SSSR count). The molecule has 0 aliphatic rings. The first-order valence-corrected chi connectivity index (χ1v) is 6.31. The van der Waals surface area contributed by atoms with E-state index in [9.17, 15) is 9.59 Å². The Balaban J connectivity index is 1.82. The van der Waals surface area contributed by atoms with Crippen LogP contribution in [-0.4, -0.2) is 20.7 Å². The topological polar surface area (TPSA) is 106 Å². The monoisotopic (exact) mass is 283 g/mol. The zero-order valence-electron chi connectivity index (χ0n) is 11.0. The molecule has 4 N–H and O–H groups in total. The zero-order valence-corrected chi connectivity index (χ0v) is 11.0. The quantitative estimate of drug-likeness (QED) is 0.665. The highest BCUT2D eigenvalue weighted by atomic mass is 16.2. The minimum Gasteiger partial charge on any atom is -0.398 e. The van der Waals surface area contributed by atoms with Crippen molar-refractivity contribution in [1.82, 2.24) is 14.8 Å². The van der Waals surface area contributed by atoms with Crippen molar-refractivity contribution in [2.75, 3.05) is 11.1 Å². The Morgan fingerprint density at radius 1 is 1.33 bits per heavy atom. The number of amides is 1. The summed E-state index contributed by atoms with van der Waals surface area (Å²) in [6.07, 6.45) is 3.08. The van der Waals surface area contributed by atoms with Crippen molar-refractivity contribution in [3.63, 3.8) is 0 Å². The number of aromatic amines is 1. The van der Waals surface area contributed by atoms with E-state index < -0.39 is 0 Å². The number of fused-ring (bicyclic) bond motifs is 1. The summed E-state index contributed by atoms with van der Waals surface area (Å²) in [6, 6.07) is 8.28. The molecule has 2 aromatic heterocycles. The van der Waals surface area contributed by atoms with Gasteiger partial charge in [0, 0.05) is 23.3 Å². The second-order valence-electron chi connectivity index (χ2n) is 4.61. The first kappa shape index (κ1) is 12.9. The molecule has 1 amide bonds. The highest BCUT2D eigenvalue weighted by Gasteiger charge is 2.08. The summed E-state index contributed by atoms with van der Waals surface area (Å²) >= 11 is 0. The highest BCUT2D eigenvalue weighted by molar-refractivity contribution is 6.00. The van der Waals surface area contributed by atoms with Gasteiger partial charge in [-0.05, 0) is 18.2 Å². The molecule has 0 aliphatic carbocycles. The van der Waals surface area contributed by atoms with E-state index in [0.717, 1.165) is 10.9 Å². The van der Waals surface area contributed by atoms with Crippen LogP contribution in [0.4, 0.5) is 11.4 Å². The number of nitrogen functional groups attached to an aromatic ring is 1. The zero-order chi connectivity index (χ0) is 14.8. The minimum absolute atomic E-state index is 0.0991. The van der Waals surface area contributed by atoms with Gasteiger partial charge in [-0.1, -0.05) is 6.07 Å². The summed E-state index contributed by atoms with van der Waals surface area (Å²) in [7, 11) is 0. The van der Waals surface area contributed by atoms with Crippen LogP contribution in [0.15, 0.2) is 47.5 Å². The van der Waals surface area contributed by atoms with Crippen LogP contribution in [0.1, 0.15) is 0 Å². The summed E-state index contributed by atoms with van der Waals surface area (Å²) in [5.74, 6) is -0.309. The van der Waals surface area contributed by atoms with Gasteiger partial charge in [0.1, 0.15) is 6.54 Å². The third kappa shape index (κ3) is 2.62. The lowest BCUT2D eigenvalue weighted by atomic mass is 10.2. The molecule has 0 bridgehead atoms. The predicted molar refractivity (Wildman–Crippen MR) is 79.8 cm³/mol. The molecule has 7 heteroatoms. The molecular weight excluding hydrogens is 270 g/mol. The lowest BCUT2D eigenvalue weighted by Gasteiger charge is -2.08. The SMILES string of the molecule is Nc1ccc(=O)n(CC(=O)Nc2cccc3[nH]ncc23)c1. The van der Waals surface area contributed by atoms with Gasteiger partial charge in [-0.25, -0.2) is 0 Å². The summed E-state index contributed by atoms with van der Waals surface area (Å²) in [4.78, 5) is 23.7. The molecule has 0 radical (unpaired) electrons. The fraction of sp³-hybridized carbons (Fsp3) is 0.0714. The highest BCUT2D eigenvalue weighted by Crippen LogP contribution is 2.20. The van der Waals surface area contributed by atoms with Gasteiger partial charge in [-0.15, -0.1) is 0 Å². The number of hydrogen-bond donors (Lipinski definition) is 3. The molecule has 1 aromatic carbocycles. The van der Waals surface area contributed by atoms with Crippen molar-refractivity contribution in [3.05, 3.63) is 53.1 Å². The lowest BCUT2D eigenvalue weighted by Crippen LogP contribution is -2.27. The second kappa shape index (κ2) is 5.12. The van der Waals surface area contributed by atoms with Gasteiger partial charge < -0.3 is 15.6 Å². The maximum atomic E-state index is 12.1. The van der Waals surface area contributed by atoms with E-state index in [2.05, 4.69) is 15.5 Å². The Kier molecular flexibility index (Phi) is 3.15. The van der Waals surface area contributed by atoms with Crippen LogP contribution >= 0.6 is 0 Å². The second-order valence-corrected chi connectivity index (χ2v) is 4.61. The largest absolute Gasteiger partial charge is 0.398 e. The first-order chi connectivity index (χ1) is 10.1. The Morgan fingerprint density at radius 3 is 3.05 bits per heavy atom. The van der Waals surface area contributed by atoms with Gasteiger partial charge in [0.25, 0.3) is 5.56 Å². The molecule has 2 heterocycles. The van der Waals surface area contributed by atoms with Crippen molar-refractivity contribution in [3.8, 4) is 0 Å². The van der Waals surface area contributed by atoms with Gasteiger partial charge in [0.2, 0.25) is 5.91 Å². The normalized spacial score (nSPS) is 10.7. The van der Waals surface area contributed by atoms with Crippen molar-refractivity contribution in [2.24, 2.45) is 0 Å². The van der Waals surface area contributed by atoms with Crippen LogP contribution in [0.5, 0.6) is 0 Å². The number of anilines is 2. The van der Waals surface area contributed by atoms with Crippen LogP contribution in [-0.2, 0) is 11.3 Å². The first-order valence-electron chi connectivity index (χ1n) is 6.31. The number of nitrogens with one attached hydrogen (secondary N) is 2.